The van der Waals surface area contributed by atoms with Gasteiger partial charge in [0.1, 0.15) is 6.04 Å². The van der Waals surface area contributed by atoms with Crippen molar-refractivity contribution in [2.24, 2.45) is 11.8 Å². The van der Waals surface area contributed by atoms with Crippen molar-refractivity contribution in [1.29, 1.82) is 0 Å². The first kappa shape index (κ1) is 25.0. The number of aliphatic hydroxyl groups excluding tert-OH is 1. The Morgan fingerprint density at radius 2 is 1.82 bits per heavy atom. The van der Waals surface area contributed by atoms with Crippen molar-refractivity contribution in [3.8, 4) is 0 Å². The van der Waals surface area contributed by atoms with Crippen LogP contribution in [0.2, 0.25) is 0 Å². The van der Waals surface area contributed by atoms with E-state index in [1.54, 1.807) is 16.7 Å². The quantitative estimate of drug-likeness (QED) is 0.441. The summed E-state index contributed by atoms with van der Waals surface area (Å²) in [6, 6.07) is 8.02. The van der Waals surface area contributed by atoms with Gasteiger partial charge in [0.25, 0.3) is 0 Å². The number of carbonyl (C=O) groups excluding carboxylic acids is 3. The monoisotopic (exact) mass is 487 g/mol. The van der Waals surface area contributed by atoms with E-state index < -0.39 is 28.7 Å². The molecule has 3 aliphatic rings. The lowest BCUT2D eigenvalue weighted by Gasteiger charge is -2.37. The van der Waals surface area contributed by atoms with Gasteiger partial charge in [0.2, 0.25) is 17.7 Å². The summed E-state index contributed by atoms with van der Waals surface area (Å²) in [5.41, 5.74) is 0.791. The van der Waals surface area contributed by atoms with Crippen molar-refractivity contribution >= 4 is 29.5 Å². The maximum Gasteiger partial charge on any atom is 0.244 e. The van der Waals surface area contributed by atoms with E-state index in [-0.39, 0.29) is 29.1 Å². The predicted octanol–water partition coefficient (Wildman–Crippen LogP) is 2.64. The highest BCUT2D eigenvalue weighted by Crippen LogP contribution is 2.71. The van der Waals surface area contributed by atoms with E-state index >= 15 is 0 Å². The van der Waals surface area contributed by atoms with Crippen LogP contribution in [0.15, 0.2) is 30.3 Å². The average molecular weight is 488 g/mol. The maximum absolute atomic E-state index is 14.2. The number of hydrogen-bond donors (Lipinski definition) is 3. The first-order valence-electron chi connectivity index (χ1n) is 12.6. The molecule has 186 valence electrons. The van der Waals surface area contributed by atoms with Gasteiger partial charge in [0, 0.05) is 17.8 Å². The van der Waals surface area contributed by atoms with Crippen LogP contribution in [-0.2, 0) is 14.4 Å². The molecule has 3 N–H and O–H groups in total. The van der Waals surface area contributed by atoms with E-state index in [4.69, 9.17) is 0 Å². The molecular weight excluding hydrogens is 450 g/mol. The van der Waals surface area contributed by atoms with Crippen LogP contribution in [0, 0.1) is 11.8 Å². The summed E-state index contributed by atoms with van der Waals surface area (Å²) in [6.07, 6.45) is 4.13. The minimum atomic E-state index is -0.727. The molecule has 1 aromatic rings. The SMILES string of the molecule is CCCCNC(=O)C1N([C@H](CO)c2ccccc2)C(=O)[C@@H]2[C@@H](C(=O)NCCC)[C@@]3(C)CCC12S3. The van der Waals surface area contributed by atoms with Crippen molar-refractivity contribution in [3.05, 3.63) is 35.9 Å². The van der Waals surface area contributed by atoms with Gasteiger partial charge in [-0.15, -0.1) is 11.8 Å². The van der Waals surface area contributed by atoms with Crippen molar-refractivity contribution in [1.82, 2.24) is 15.5 Å². The lowest BCUT2D eigenvalue weighted by molar-refractivity contribution is -0.143. The molecule has 2 bridgehead atoms. The third-order valence-electron chi connectivity index (χ3n) is 7.82. The van der Waals surface area contributed by atoms with E-state index in [9.17, 15) is 19.5 Å². The van der Waals surface area contributed by atoms with Crippen LogP contribution in [0.25, 0.3) is 0 Å². The third kappa shape index (κ3) is 3.92. The zero-order valence-corrected chi connectivity index (χ0v) is 21.2. The Kier molecular flexibility index (Phi) is 7.29. The number of likely N-dealkylation sites (tertiary alicyclic amines) is 1. The van der Waals surface area contributed by atoms with E-state index in [2.05, 4.69) is 24.5 Å². The minimum Gasteiger partial charge on any atom is -0.394 e. The van der Waals surface area contributed by atoms with Gasteiger partial charge >= 0.3 is 0 Å². The second-order valence-electron chi connectivity index (χ2n) is 10.0. The first-order valence-corrected chi connectivity index (χ1v) is 13.4. The zero-order chi connectivity index (χ0) is 24.5. The van der Waals surface area contributed by atoms with E-state index in [0.717, 1.165) is 31.2 Å². The fourth-order valence-electron chi connectivity index (χ4n) is 6.27. The molecule has 3 heterocycles. The van der Waals surface area contributed by atoms with Crippen LogP contribution >= 0.6 is 11.8 Å². The Morgan fingerprint density at radius 1 is 1.12 bits per heavy atom. The Hall–Kier alpha value is -2.06. The van der Waals surface area contributed by atoms with Crippen LogP contribution in [0.4, 0.5) is 0 Å². The third-order valence-corrected chi connectivity index (χ3v) is 9.80. The molecule has 7 nitrogen and oxygen atoms in total. The Bertz CT molecular complexity index is 928. The molecule has 4 rings (SSSR count). The molecule has 0 radical (unpaired) electrons. The number of aliphatic hydroxyl groups is 1. The summed E-state index contributed by atoms with van der Waals surface area (Å²) in [7, 11) is 0. The number of benzene rings is 1. The fourth-order valence-corrected chi connectivity index (χ4v) is 8.62. The summed E-state index contributed by atoms with van der Waals surface area (Å²) in [5.74, 6) is -1.52. The Morgan fingerprint density at radius 3 is 2.47 bits per heavy atom. The molecule has 1 spiro atoms. The number of hydrogen-bond acceptors (Lipinski definition) is 5. The number of thioether (sulfide) groups is 1. The lowest BCUT2D eigenvalue weighted by atomic mass is 9.66. The fraction of sp³-hybridized carbons (Fsp3) is 0.654. The maximum atomic E-state index is 14.2. The number of carbonyl (C=O) groups is 3. The number of nitrogens with one attached hydrogen (secondary N) is 2. The minimum absolute atomic E-state index is 0.0935. The second kappa shape index (κ2) is 9.90. The summed E-state index contributed by atoms with van der Waals surface area (Å²) in [5, 5.41) is 16.5. The largest absolute Gasteiger partial charge is 0.394 e. The molecule has 0 aromatic heterocycles. The molecule has 34 heavy (non-hydrogen) atoms. The number of nitrogens with zero attached hydrogens (tertiary/aromatic N) is 1. The molecule has 3 saturated heterocycles. The van der Waals surface area contributed by atoms with Gasteiger partial charge in [-0.05, 0) is 38.2 Å². The number of amides is 3. The molecule has 1 aromatic carbocycles. The summed E-state index contributed by atoms with van der Waals surface area (Å²) in [6.45, 7) is 6.98. The molecule has 3 amide bonds. The molecule has 0 saturated carbocycles. The second-order valence-corrected chi connectivity index (χ2v) is 11.9. The molecule has 2 unspecified atom stereocenters. The Balaban J connectivity index is 1.77. The standard InChI is InChI=1S/C26H37N3O4S/c1-4-6-15-28-23(32)21-26-13-12-25(3,34-26)19(22(31)27-14-5-2)20(26)24(33)29(21)18(16-30)17-10-8-7-9-11-17/h7-11,18-21,30H,4-6,12-16H2,1-3H3,(H,27,31)(H,28,32)/t18-,19+,20+,21?,25-,26?/m1/s1. The normalized spacial score (nSPS) is 32.5. The van der Waals surface area contributed by atoms with Gasteiger partial charge in [-0.3, -0.25) is 14.4 Å². The van der Waals surface area contributed by atoms with Gasteiger partial charge in [0.05, 0.1) is 29.2 Å². The van der Waals surface area contributed by atoms with Crippen LogP contribution in [0.5, 0.6) is 0 Å². The molecule has 8 heteroatoms. The number of fused-ring (bicyclic) bond motifs is 1. The number of unbranched alkanes of at least 4 members (excludes halogenated alkanes) is 1. The van der Waals surface area contributed by atoms with Gasteiger partial charge in [0.15, 0.2) is 0 Å². The van der Waals surface area contributed by atoms with Crippen molar-refractivity contribution in [2.45, 2.75) is 74.5 Å². The summed E-state index contributed by atoms with van der Waals surface area (Å²) in [4.78, 5) is 42.8. The predicted molar refractivity (Wildman–Crippen MR) is 133 cm³/mol. The van der Waals surface area contributed by atoms with E-state index in [0.29, 0.717) is 19.5 Å². The average Bonchev–Trinajstić information content (AvgIpc) is 3.40. The van der Waals surface area contributed by atoms with Crippen molar-refractivity contribution in [3.63, 3.8) is 0 Å². The molecular formula is C26H37N3O4S. The van der Waals surface area contributed by atoms with Crippen LogP contribution in [0.1, 0.15) is 64.5 Å². The van der Waals surface area contributed by atoms with E-state index in [1.807, 2.05) is 37.3 Å². The summed E-state index contributed by atoms with van der Waals surface area (Å²) < 4.78 is -1.05. The van der Waals surface area contributed by atoms with Gasteiger partial charge in [-0.25, -0.2) is 0 Å². The van der Waals surface area contributed by atoms with Crippen molar-refractivity contribution in [2.75, 3.05) is 19.7 Å². The Labute approximate surface area is 206 Å². The number of rotatable bonds is 10. The summed E-state index contributed by atoms with van der Waals surface area (Å²) >= 11 is 1.66. The van der Waals surface area contributed by atoms with Gasteiger partial charge in [-0.2, -0.15) is 0 Å². The molecule has 3 fully saturated rings. The van der Waals surface area contributed by atoms with Gasteiger partial charge in [-0.1, -0.05) is 50.6 Å². The highest BCUT2D eigenvalue weighted by atomic mass is 32.2. The molecule has 6 atom stereocenters. The smallest absolute Gasteiger partial charge is 0.244 e. The molecule has 3 aliphatic heterocycles. The van der Waals surface area contributed by atoms with E-state index in [1.165, 1.54) is 0 Å². The van der Waals surface area contributed by atoms with Crippen molar-refractivity contribution < 1.29 is 19.5 Å². The van der Waals surface area contributed by atoms with Crippen LogP contribution < -0.4 is 10.6 Å². The topological polar surface area (TPSA) is 98.7 Å². The van der Waals surface area contributed by atoms with Gasteiger partial charge < -0.3 is 20.6 Å². The lowest BCUT2D eigenvalue weighted by Crippen LogP contribution is -2.54. The highest BCUT2D eigenvalue weighted by molar-refractivity contribution is 8.02. The van der Waals surface area contributed by atoms with Crippen LogP contribution in [0.3, 0.4) is 0 Å². The molecule has 0 aliphatic carbocycles. The highest BCUT2D eigenvalue weighted by Gasteiger charge is 2.77. The zero-order valence-electron chi connectivity index (χ0n) is 20.4. The first-order chi connectivity index (χ1) is 16.3. The van der Waals surface area contributed by atoms with Crippen LogP contribution in [-0.4, -0.2) is 63.0 Å².